The molecule has 0 fully saturated rings. The molecule has 0 radical (unpaired) electrons. The number of fused-ring (bicyclic) bond motifs is 2. The number of hydrogen-bond donors (Lipinski definition) is 1. The number of nitrogens with one attached hydrogen (secondary N) is 1. The van der Waals surface area contributed by atoms with E-state index in [0.29, 0.717) is 22.4 Å². The van der Waals surface area contributed by atoms with Crippen LogP contribution in [-0.4, -0.2) is 14.0 Å². The highest BCUT2D eigenvalue weighted by Gasteiger charge is 2.14. The number of nitriles is 1. The van der Waals surface area contributed by atoms with Gasteiger partial charge >= 0.3 is 0 Å². The number of benzene rings is 1. The topological polar surface area (TPSA) is 86.9 Å². The Bertz CT molecular complexity index is 1290. The second kappa shape index (κ2) is 5.42. The van der Waals surface area contributed by atoms with E-state index in [1.54, 1.807) is 12.3 Å². The normalized spacial score (nSPS) is 10.9. The molecular weight excluding hydrogens is 314 g/mol. The van der Waals surface area contributed by atoms with E-state index in [-0.39, 0.29) is 16.6 Å². The van der Waals surface area contributed by atoms with Crippen LogP contribution >= 0.6 is 0 Å². The third kappa shape index (κ3) is 2.22. The Labute approximate surface area is 142 Å². The molecule has 0 aliphatic rings. The Kier molecular flexibility index (Phi) is 3.22. The maximum atomic E-state index is 12.9. The number of rotatable bonds is 1. The lowest BCUT2D eigenvalue weighted by Crippen LogP contribution is -2.26. The van der Waals surface area contributed by atoms with E-state index in [9.17, 15) is 10.1 Å². The summed E-state index contributed by atoms with van der Waals surface area (Å²) in [5, 5.41) is 18.1. The van der Waals surface area contributed by atoms with E-state index < -0.39 is 0 Å². The zero-order valence-corrected chi connectivity index (χ0v) is 13.4. The minimum atomic E-state index is -0.259. The zero-order chi connectivity index (χ0) is 17.6. The molecule has 0 aliphatic carbocycles. The average Bonchev–Trinajstić information content (AvgIpc) is 2.63. The fraction of sp³-hybridized carbons (Fsp3) is 0.0526. The highest BCUT2D eigenvalue weighted by Crippen LogP contribution is 2.15. The summed E-state index contributed by atoms with van der Waals surface area (Å²) >= 11 is 0. The van der Waals surface area contributed by atoms with Crippen LogP contribution in [-0.2, 0) is 0 Å². The van der Waals surface area contributed by atoms with Crippen LogP contribution in [0.1, 0.15) is 11.1 Å². The Morgan fingerprint density at radius 1 is 1.16 bits per heavy atom. The zero-order valence-electron chi connectivity index (χ0n) is 13.4. The quantitative estimate of drug-likeness (QED) is 0.544. The lowest BCUT2D eigenvalue weighted by Gasteiger charge is -2.13. The fourth-order valence-corrected chi connectivity index (χ4v) is 2.90. The van der Waals surface area contributed by atoms with Crippen LogP contribution in [0.25, 0.3) is 22.4 Å². The molecule has 3 aromatic heterocycles. The molecule has 4 aromatic rings. The minimum Gasteiger partial charge on any atom is -0.283 e. The molecule has 4 rings (SSSR count). The molecule has 120 valence electrons. The maximum absolute atomic E-state index is 12.9. The van der Waals surface area contributed by atoms with E-state index in [2.05, 4.69) is 4.98 Å². The van der Waals surface area contributed by atoms with Crippen molar-refractivity contribution in [3.8, 4) is 11.8 Å². The average molecular weight is 327 g/mol. The van der Waals surface area contributed by atoms with Crippen molar-refractivity contribution in [3.63, 3.8) is 0 Å². The monoisotopic (exact) mass is 327 g/mol. The van der Waals surface area contributed by atoms with Crippen LogP contribution in [0.5, 0.6) is 0 Å². The Balaban J connectivity index is 2.28. The molecule has 0 amide bonds. The van der Waals surface area contributed by atoms with Crippen LogP contribution in [0.4, 0.5) is 0 Å². The molecule has 0 atom stereocenters. The highest BCUT2D eigenvalue weighted by atomic mass is 16.1. The molecule has 6 heteroatoms. The molecule has 0 bridgehead atoms. The van der Waals surface area contributed by atoms with Crippen molar-refractivity contribution in [2.75, 3.05) is 0 Å². The van der Waals surface area contributed by atoms with Gasteiger partial charge in [-0.2, -0.15) is 5.26 Å². The van der Waals surface area contributed by atoms with Crippen molar-refractivity contribution in [3.05, 3.63) is 81.7 Å². The number of pyridine rings is 2. The number of para-hydroxylation sites is 1. The van der Waals surface area contributed by atoms with Gasteiger partial charge in [-0.05, 0) is 36.8 Å². The van der Waals surface area contributed by atoms with E-state index in [1.165, 1.54) is 15.0 Å². The van der Waals surface area contributed by atoms with Crippen LogP contribution in [0.3, 0.4) is 0 Å². The molecule has 1 N–H and O–H groups in total. The van der Waals surface area contributed by atoms with Gasteiger partial charge in [0.05, 0.1) is 10.9 Å². The molecule has 1 aromatic carbocycles. The van der Waals surface area contributed by atoms with Crippen molar-refractivity contribution >= 4 is 16.7 Å². The third-order valence-electron chi connectivity index (χ3n) is 4.10. The minimum absolute atomic E-state index is 0.00422. The van der Waals surface area contributed by atoms with Crippen LogP contribution in [0.2, 0.25) is 0 Å². The van der Waals surface area contributed by atoms with Crippen molar-refractivity contribution in [1.82, 2.24) is 14.0 Å². The van der Waals surface area contributed by atoms with E-state index in [0.717, 1.165) is 5.56 Å². The first-order valence-electron chi connectivity index (χ1n) is 7.69. The van der Waals surface area contributed by atoms with Gasteiger partial charge in [0.25, 0.3) is 5.56 Å². The Morgan fingerprint density at radius 2 is 1.92 bits per heavy atom. The van der Waals surface area contributed by atoms with Gasteiger partial charge in [-0.25, -0.2) is 4.98 Å². The lowest BCUT2D eigenvalue weighted by atomic mass is 10.2. The summed E-state index contributed by atoms with van der Waals surface area (Å²) in [5.74, 6) is 0. The second-order valence-corrected chi connectivity index (χ2v) is 5.78. The van der Waals surface area contributed by atoms with Gasteiger partial charge in [-0.1, -0.05) is 24.3 Å². The predicted octanol–water partition coefficient (Wildman–Crippen LogP) is 2.30. The third-order valence-corrected chi connectivity index (χ3v) is 4.10. The molecule has 25 heavy (non-hydrogen) atoms. The summed E-state index contributed by atoms with van der Waals surface area (Å²) in [7, 11) is 0. The SMILES string of the molecule is Cc1ccc2nc3c(cc(C#N)c(=N)n3-c3ccccc3)c(=O)n2c1. The van der Waals surface area contributed by atoms with Crippen molar-refractivity contribution in [2.45, 2.75) is 6.92 Å². The van der Waals surface area contributed by atoms with Gasteiger partial charge in [0, 0.05) is 11.9 Å². The first-order valence-corrected chi connectivity index (χ1v) is 7.69. The van der Waals surface area contributed by atoms with E-state index in [1.807, 2.05) is 49.4 Å². The number of nitrogens with zero attached hydrogens (tertiary/aromatic N) is 4. The van der Waals surface area contributed by atoms with Gasteiger partial charge in [0.1, 0.15) is 17.2 Å². The summed E-state index contributed by atoms with van der Waals surface area (Å²) < 4.78 is 3.01. The number of hydrogen-bond acceptors (Lipinski definition) is 4. The fourth-order valence-electron chi connectivity index (χ4n) is 2.90. The molecule has 0 aliphatic heterocycles. The second-order valence-electron chi connectivity index (χ2n) is 5.78. The molecule has 0 unspecified atom stereocenters. The van der Waals surface area contributed by atoms with Crippen molar-refractivity contribution in [1.29, 1.82) is 10.7 Å². The molecule has 3 heterocycles. The summed E-state index contributed by atoms with van der Waals surface area (Å²) in [5.41, 5.74) is 2.35. The molecule has 0 saturated heterocycles. The highest BCUT2D eigenvalue weighted by molar-refractivity contribution is 5.79. The lowest BCUT2D eigenvalue weighted by molar-refractivity contribution is 0.929. The van der Waals surface area contributed by atoms with Crippen LogP contribution < -0.4 is 11.0 Å². The first-order chi connectivity index (χ1) is 12.1. The maximum Gasteiger partial charge on any atom is 0.267 e. The Hall–Kier alpha value is -3.72. The van der Waals surface area contributed by atoms with Gasteiger partial charge in [0.15, 0.2) is 5.65 Å². The van der Waals surface area contributed by atoms with E-state index in [4.69, 9.17) is 5.41 Å². The van der Waals surface area contributed by atoms with Crippen LogP contribution in [0.15, 0.2) is 59.5 Å². The van der Waals surface area contributed by atoms with Crippen molar-refractivity contribution in [2.24, 2.45) is 0 Å². The molecule has 0 spiro atoms. The molecular formula is C19H13N5O. The first kappa shape index (κ1) is 14.8. The van der Waals surface area contributed by atoms with E-state index >= 15 is 0 Å². The van der Waals surface area contributed by atoms with Crippen LogP contribution in [0, 0.1) is 23.7 Å². The van der Waals surface area contributed by atoms with Gasteiger partial charge < -0.3 is 0 Å². The largest absolute Gasteiger partial charge is 0.283 e. The Morgan fingerprint density at radius 3 is 2.64 bits per heavy atom. The van der Waals surface area contributed by atoms with Gasteiger partial charge in [-0.15, -0.1) is 0 Å². The standard InChI is InChI=1S/C19H13N5O/c1-12-7-8-16-22-18-15(19(25)23(16)11-12)9-13(10-20)17(21)24(18)14-5-3-2-4-6-14/h2-9,11,21H,1H3. The predicted molar refractivity (Wildman–Crippen MR) is 93.6 cm³/mol. The summed E-state index contributed by atoms with van der Waals surface area (Å²) in [6, 6.07) is 16.3. The molecule has 6 nitrogen and oxygen atoms in total. The van der Waals surface area contributed by atoms with Gasteiger partial charge in [-0.3, -0.25) is 19.2 Å². The number of aryl methyl sites for hydroxylation is 1. The van der Waals surface area contributed by atoms with Gasteiger partial charge in [0.2, 0.25) is 0 Å². The number of aromatic nitrogens is 3. The molecule has 0 saturated carbocycles. The summed E-state index contributed by atoms with van der Waals surface area (Å²) in [6.45, 7) is 1.90. The summed E-state index contributed by atoms with van der Waals surface area (Å²) in [6.07, 6.45) is 1.72. The summed E-state index contributed by atoms with van der Waals surface area (Å²) in [4.78, 5) is 17.5. The van der Waals surface area contributed by atoms with Crippen molar-refractivity contribution < 1.29 is 0 Å². The smallest absolute Gasteiger partial charge is 0.267 e.